The fourth-order valence-electron chi connectivity index (χ4n) is 1.58. The maximum atomic E-state index is 12.0. The summed E-state index contributed by atoms with van der Waals surface area (Å²) >= 11 is 11.6. The van der Waals surface area contributed by atoms with E-state index in [9.17, 15) is 4.79 Å². The number of pyridine rings is 1. The van der Waals surface area contributed by atoms with E-state index in [0.717, 1.165) is 0 Å². The Morgan fingerprint density at radius 2 is 2.10 bits per heavy atom. The van der Waals surface area contributed by atoms with Crippen LogP contribution in [0.15, 0.2) is 36.7 Å². The van der Waals surface area contributed by atoms with E-state index < -0.39 is 6.10 Å². The Morgan fingerprint density at radius 3 is 2.76 bits per heavy atom. The summed E-state index contributed by atoms with van der Waals surface area (Å²) in [5.74, 6) is 0.0949. The molecule has 0 aliphatic heterocycles. The number of nitrogen functional groups attached to an aromatic ring is 1. The summed E-state index contributed by atoms with van der Waals surface area (Å²) in [4.78, 5) is 15.9. The van der Waals surface area contributed by atoms with Crippen molar-refractivity contribution in [2.75, 3.05) is 11.1 Å². The summed E-state index contributed by atoms with van der Waals surface area (Å²) in [5, 5.41) is 3.56. The lowest BCUT2D eigenvalue weighted by Gasteiger charge is -2.15. The number of carbonyl (C=O) groups is 1. The summed E-state index contributed by atoms with van der Waals surface area (Å²) < 4.78 is 5.47. The Kier molecular flexibility index (Phi) is 4.88. The normalized spacial score (nSPS) is 11.8. The van der Waals surface area contributed by atoms with E-state index in [4.69, 9.17) is 33.7 Å². The van der Waals surface area contributed by atoms with Crippen LogP contribution in [0.1, 0.15) is 6.92 Å². The van der Waals surface area contributed by atoms with Gasteiger partial charge in [-0.3, -0.25) is 9.78 Å². The number of benzene rings is 1. The molecule has 0 saturated carbocycles. The standard InChI is InChI=1S/C14H13Cl2N3O2/c1-8(21-11-4-9(15)6-18-7-11)14(20)19-10-2-3-12(16)13(17)5-10/h2-8H,17H2,1H3,(H,19,20). The molecular formula is C14H13Cl2N3O2. The number of hydrogen-bond acceptors (Lipinski definition) is 4. The summed E-state index contributed by atoms with van der Waals surface area (Å²) in [6, 6.07) is 6.43. The maximum absolute atomic E-state index is 12.0. The van der Waals surface area contributed by atoms with Crippen LogP contribution in [-0.4, -0.2) is 17.0 Å². The van der Waals surface area contributed by atoms with Gasteiger partial charge in [-0.15, -0.1) is 0 Å². The molecule has 0 saturated heterocycles. The fraction of sp³-hybridized carbons (Fsp3) is 0.143. The van der Waals surface area contributed by atoms with Crippen LogP contribution in [0.2, 0.25) is 10.0 Å². The minimum absolute atomic E-state index is 0.323. The average molecular weight is 326 g/mol. The number of ether oxygens (including phenoxy) is 1. The number of hydrogen-bond donors (Lipinski definition) is 2. The van der Waals surface area contributed by atoms with E-state index in [1.54, 1.807) is 31.2 Å². The zero-order valence-electron chi connectivity index (χ0n) is 11.1. The van der Waals surface area contributed by atoms with Gasteiger partial charge in [0.15, 0.2) is 6.10 Å². The van der Waals surface area contributed by atoms with E-state index in [2.05, 4.69) is 10.3 Å². The Morgan fingerprint density at radius 1 is 1.33 bits per heavy atom. The molecule has 1 atom stereocenters. The molecular weight excluding hydrogens is 313 g/mol. The lowest BCUT2D eigenvalue weighted by molar-refractivity contribution is -0.122. The van der Waals surface area contributed by atoms with Crippen LogP contribution >= 0.6 is 23.2 Å². The summed E-state index contributed by atoms with van der Waals surface area (Å²) in [6.07, 6.45) is 2.24. The van der Waals surface area contributed by atoms with Crippen LogP contribution in [0.3, 0.4) is 0 Å². The van der Waals surface area contributed by atoms with E-state index in [1.165, 1.54) is 12.4 Å². The molecule has 7 heteroatoms. The average Bonchev–Trinajstić information content (AvgIpc) is 2.43. The highest BCUT2D eigenvalue weighted by Gasteiger charge is 2.15. The zero-order valence-corrected chi connectivity index (χ0v) is 12.7. The molecule has 2 rings (SSSR count). The first-order valence-electron chi connectivity index (χ1n) is 6.09. The van der Waals surface area contributed by atoms with Gasteiger partial charge in [-0.1, -0.05) is 23.2 Å². The van der Waals surface area contributed by atoms with Crippen LogP contribution in [0, 0.1) is 0 Å². The largest absolute Gasteiger partial charge is 0.479 e. The molecule has 1 amide bonds. The molecule has 5 nitrogen and oxygen atoms in total. The highest BCUT2D eigenvalue weighted by molar-refractivity contribution is 6.33. The fourth-order valence-corrected chi connectivity index (χ4v) is 1.86. The van der Waals surface area contributed by atoms with E-state index in [0.29, 0.717) is 27.2 Å². The summed E-state index contributed by atoms with van der Waals surface area (Å²) in [5.41, 5.74) is 6.61. The monoisotopic (exact) mass is 325 g/mol. The maximum Gasteiger partial charge on any atom is 0.265 e. The molecule has 1 heterocycles. The quantitative estimate of drug-likeness (QED) is 0.845. The van der Waals surface area contributed by atoms with Gasteiger partial charge in [-0.2, -0.15) is 0 Å². The molecule has 0 spiro atoms. The van der Waals surface area contributed by atoms with Gasteiger partial charge in [0, 0.05) is 18.0 Å². The van der Waals surface area contributed by atoms with E-state index in [1.807, 2.05) is 0 Å². The van der Waals surface area contributed by atoms with Crippen molar-refractivity contribution in [2.24, 2.45) is 0 Å². The second kappa shape index (κ2) is 6.65. The van der Waals surface area contributed by atoms with Crippen molar-refractivity contribution in [3.63, 3.8) is 0 Å². The van der Waals surface area contributed by atoms with Crippen molar-refractivity contribution in [3.05, 3.63) is 46.7 Å². The van der Waals surface area contributed by atoms with Crippen LogP contribution in [0.4, 0.5) is 11.4 Å². The first-order valence-corrected chi connectivity index (χ1v) is 6.84. The third-order valence-electron chi connectivity index (χ3n) is 2.63. The van der Waals surface area contributed by atoms with Gasteiger partial charge < -0.3 is 15.8 Å². The number of carbonyl (C=O) groups excluding carboxylic acids is 1. The zero-order chi connectivity index (χ0) is 15.4. The second-order valence-electron chi connectivity index (χ2n) is 4.32. The third-order valence-corrected chi connectivity index (χ3v) is 3.18. The van der Waals surface area contributed by atoms with Crippen molar-refractivity contribution in [1.29, 1.82) is 0 Å². The molecule has 1 aromatic carbocycles. The Hall–Kier alpha value is -1.98. The molecule has 1 aromatic heterocycles. The molecule has 2 aromatic rings. The molecule has 0 radical (unpaired) electrons. The van der Waals surface area contributed by atoms with Crippen molar-refractivity contribution in [3.8, 4) is 5.75 Å². The molecule has 21 heavy (non-hydrogen) atoms. The van der Waals surface area contributed by atoms with Crippen LogP contribution < -0.4 is 15.8 Å². The van der Waals surface area contributed by atoms with Crippen LogP contribution in [-0.2, 0) is 4.79 Å². The van der Waals surface area contributed by atoms with Gasteiger partial charge in [-0.25, -0.2) is 0 Å². The molecule has 0 aliphatic carbocycles. The number of halogens is 2. The molecule has 0 bridgehead atoms. The Bertz CT molecular complexity index is 664. The number of nitrogens with zero attached hydrogens (tertiary/aromatic N) is 1. The first kappa shape index (κ1) is 15.4. The van der Waals surface area contributed by atoms with Gasteiger partial charge in [0.2, 0.25) is 0 Å². The summed E-state index contributed by atoms with van der Waals surface area (Å²) in [6.45, 7) is 1.62. The lowest BCUT2D eigenvalue weighted by atomic mass is 10.2. The van der Waals surface area contributed by atoms with Gasteiger partial charge in [0.25, 0.3) is 5.91 Å². The minimum Gasteiger partial charge on any atom is -0.479 e. The molecule has 0 aliphatic rings. The number of nitrogens with two attached hydrogens (primary N) is 1. The molecule has 1 unspecified atom stereocenters. The highest BCUT2D eigenvalue weighted by Crippen LogP contribution is 2.23. The lowest BCUT2D eigenvalue weighted by Crippen LogP contribution is -2.30. The smallest absolute Gasteiger partial charge is 0.265 e. The predicted octanol–water partition coefficient (Wildman–Crippen LogP) is 3.38. The predicted molar refractivity (Wildman–Crippen MR) is 83.8 cm³/mol. The van der Waals surface area contributed by atoms with Crippen LogP contribution in [0.5, 0.6) is 5.75 Å². The molecule has 0 fully saturated rings. The second-order valence-corrected chi connectivity index (χ2v) is 5.17. The molecule has 110 valence electrons. The van der Waals surface area contributed by atoms with Gasteiger partial charge in [-0.05, 0) is 25.1 Å². The topological polar surface area (TPSA) is 77.2 Å². The van der Waals surface area contributed by atoms with Gasteiger partial charge in [0.05, 0.1) is 21.9 Å². The third kappa shape index (κ3) is 4.24. The van der Waals surface area contributed by atoms with Crippen molar-refractivity contribution in [1.82, 2.24) is 4.98 Å². The van der Waals surface area contributed by atoms with Gasteiger partial charge in [0.1, 0.15) is 5.75 Å². The number of rotatable bonds is 4. The first-order chi connectivity index (χ1) is 9.95. The highest BCUT2D eigenvalue weighted by atomic mass is 35.5. The molecule has 3 N–H and O–H groups in total. The number of aromatic nitrogens is 1. The minimum atomic E-state index is -0.720. The number of amides is 1. The SMILES string of the molecule is CC(Oc1cncc(Cl)c1)C(=O)Nc1ccc(Cl)c(N)c1. The van der Waals surface area contributed by atoms with Crippen molar-refractivity contribution < 1.29 is 9.53 Å². The van der Waals surface area contributed by atoms with Crippen molar-refractivity contribution in [2.45, 2.75) is 13.0 Å². The van der Waals surface area contributed by atoms with E-state index in [-0.39, 0.29) is 5.91 Å². The number of nitrogens with one attached hydrogen (secondary N) is 1. The van der Waals surface area contributed by atoms with Crippen LogP contribution in [0.25, 0.3) is 0 Å². The Balaban J connectivity index is 2.00. The van der Waals surface area contributed by atoms with Crippen molar-refractivity contribution >= 4 is 40.5 Å². The summed E-state index contributed by atoms with van der Waals surface area (Å²) in [7, 11) is 0. The number of anilines is 2. The Labute approximate surface area is 132 Å². The van der Waals surface area contributed by atoms with Gasteiger partial charge >= 0.3 is 0 Å². The van der Waals surface area contributed by atoms with E-state index >= 15 is 0 Å².